The summed E-state index contributed by atoms with van der Waals surface area (Å²) in [6.45, 7) is 7.17. The van der Waals surface area contributed by atoms with E-state index in [9.17, 15) is 0 Å². The van der Waals surface area contributed by atoms with Crippen molar-refractivity contribution in [2.24, 2.45) is 5.92 Å². The fourth-order valence-corrected chi connectivity index (χ4v) is 6.62. The van der Waals surface area contributed by atoms with Crippen LogP contribution < -0.4 is 4.74 Å². The Kier molecular flexibility index (Phi) is 8.25. The first-order valence-electron chi connectivity index (χ1n) is 13.1. The zero-order chi connectivity index (χ0) is 23.2. The van der Waals surface area contributed by atoms with E-state index in [2.05, 4.69) is 44.7 Å². The average molecular weight is 482 g/mol. The third-order valence-corrected chi connectivity index (χ3v) is 8.56. The topological polar surface area (TPSA) is 46.4 Å². The zero-order valence-electron chi connectivity index (χ0n) is 20.6. The highest BCUT2D eigenvalue weighted by Crippen LogP contribution is 2.33. The quantitative estimate of drug-likeness (QED) is 0.371. The molecule has 0 amide bonds. The van der Waals surface area contributed by atoms with Gasteiger partial charge in [-0.2, -0.15) is 0 Å². The second-order valence-electron chi connectivity index (χ2n) is 10.0. The van der Waals surface area contributed by atoms with E-state index in [0.29, 0.717) is 5.92 Å². The zero-order valence-corrected chi connectivity index (χ0v) is 21.4. The van der Waals surface area contributed by atoms with Gasteiger partial charge in [0.1, 0.15) is 11.6 Å². The minimum absolute atomic E-state index is 0.453. The van der Waals surface area contributed by atoms with Crippen LogP contribution in [-0.2, 0) is 0 Å². The number of allylic oxidation sites excluding steroid dienone is 2. The molecule has 1 aromatic heterocycles. The van der Waals surface area contributed by atoms with Crippen LogP contribution in [0.5, 0.6) is 5.75 Å². The average Bonchev–Trinajstić information content (AvgIpc) is 3.56. The molecule has 7 heteroatoms. The summed E-state index contributed by atoms with van der Waals surface area (Å²) in [6, 6.07) is 8.35. The summed E-state index contributed by atoms with van der Waals surface area (Å²) < 4.78 is 7.84. The summed E-state index contributed by atoms with van der Waals surface area (Å²) in [5, 5.41) is 10.5. The molecule has 34 heavy (non-hydrogen) atoms. The summed E-state index contributed by atoms with van der Waals surface area (Å²) in [5.74, 6) is 4.34. The molecule has 2 saturated heterocycles. The Morgan fingerprint density at radius 1 is 1.00 bits per heavy atom. The Morgan fingerprint density at radius 3 is 2.62 bits per heavy atom. The van der Waals surface area contributed by atoms with Gasteiger partial charge in [-0.15, -0.1) is 10.2 Å². The predicted molar refractivity (Wildman–Crippen MR) is 139 cm³/mol. The van der Waals surface area contributed by atoms with Gasteiger partial charge in [0.2, 0.25) is 0 Å². The largest absolute Gasteiger partial charge is 0.497 e. The third kappa shape index (κ3) is 5.86. The minimum atomic E-state index is 0.453. The molecule has 3 aliphatic rings. The predicted octanol–water partition coefficient (Wildman–Crippen LogP) is 5.00. The van der Waals surface area contributed by atoms with Gasteiger partial charge in [0.25, 0.3) is 0 Å². The van der Waals surface area contributed by atoms with Crippen LogP contribution in [0.3, 0.4) is 0 Å². The van der Waals surface area contributed by atoms with Crippen molar-refractivity contribution in [3.8, 4) is 11.4 Å². The first-order valence-corrected chi connectivity index (χ1v) is 14.1. The Morgan fingerprint density at radius 2 is 1.85 bits per heavy atom. The first kappa shape index (κ1) is 23.9. The smallest absolute Gasteiger partial charge is 0.195 e. The summed E-state index contributed by atoms with van der Waals surface area (Å²) >= 11 is 1.84. The van der Waals surface area contributed by atoms with Crippen molar-refractivity contribution >= 4 is 11.8 Å². The highest BCUT2D eigenvalue weighted by molar-refractivity contribution is 7.99. The number of piperidine rings is 1. The molecule has 0 radical (unpaired) electrons. The molecule has 2 fully saturated rings. The lowest BCUT2D eigenvalue weighted by molar-refractivity contribution is 0.175. The van der Waals surface area contributed by atoms with E-state index < -0.39 is 0 Å². The van der Waals surface area contributed by atoms with Crippen molar-refractivity contribution in [1.82, 2.24) is 24.6 Å². The van der Waals surface area contributed by atoms with E-state index in [1.54, 1.807) is 7.11 Å². The van der Waals surface area contributed by atoms with Gasteiger partial charge in [0, 0.05) is 30.8 Å². The molecular formula is C27H39N5OS. The fraction of sp³-hybridized carbons (Fsp3) is 0.630. The summed E-state index contributed by atoms with van der Waals surface area (Å²) in [7, 11) is 1.73. The van der Waals surface area contributed by atoms with Crippen molar-refractivity contribution in [2.45, 2.75) is 56.0 Å². The number of benzene rings is 1. The van der Waals surface area contributed by atoms with E-state index in [4.69, 9.17) is 14.9 Å². The molecule has 0 spiro atoms. The van der Waals surface area contributed by atoms with Crippen LogP contribution in [0.15, 0.2) is 41.6 Å². The molecule has 1 aromatic carbocycles. The van der Waals surface area contributed by atoms with Crippen LogP contribution in [0.1, 0.15) is 56.7 Å². The van der Waals surface area contributed by atoms with E-state index in [1.807, 2.05) is 17.8 Å². The lowest BCUT2D eigenvalue weighted by Gasteiger charge is -2.34. The second kappa shape index (κ2) is 11.7. The molecule has 184 valence electrons. The monoisotopic (exact) mass is 481 g/mol. The van der Waals surface area contributed by atoms with Gasteiger partial charge >= 0.3 is 0 Å². The Hall–Kier alpha value is -1.83. The van der Waals surface area contributed by atoms with Gasteiger partial charge in [0.15, 0.2) is 5.16 Å². The maximum atomic E-state index is 5.53. The Labute approximate surface area is 208 Å². The van der Waals surface area contributed by atoms with Gasteiger partial charge in [-0.3, -0.25) is 4.57 Å². The van der Waals surface area contributed by atoms with Crippen LogP contribution >= 0.6 is 11.8 Å². The fourth-order valence-electron chi connectivity index (χ4n) is 5.66. The molecule has 0 N–H and O–H groups in total. The van der Waals surface area contributed by atoms with Crippen molar-refractivity contribution in [1.29, 1.82) is 0 Å². The van der Waals surface area contributed by atoms with E-state index in [-0.39, 0.29) is 0 Å². The standard InChI is InChI=1S/C27H39N5OS/c1-33-25-11-7-10-24(20-25)32-26(28-29-27(32)34-19-18-30-14-5-6-15-30)23-12-16-31(17-13-23)21-22-8-3-2-4-9-22/h2-3,7,10-11,20,22-23H,4-6,8-9,12-19,21H2,1H3. The second-order valence-corrected chi connectivity index (χ2v) is 11.1. The van der Waals surface area contributed by atoms with Crippen molar-refractivity contribution in [2.75, 3.05) is 52.1 Å². The number of hydrogen-bond acceptors (Lipinski definition) is 6. The molecule has 6 nitrogen and oxygen atoms in total. The molecule has 2 aliphatic heterocycles. The van der Waals surface area contributed by atoms with Gasteiger partial charge in [0.05, 0.1) is 12.8 Å². The maximum absolute atomic E-state index is 5.53. The molecule has 5 rings (SSSR count). The van der Waals surface area contributed by atoms with Gasteiger partial charge in [-0.25, -0.2) is 0 Å². The van der Waals surface area contributed by atoms with Gasteiger partial charge in [-0.05, 0) is 89.2 Å². The number of rotatable bonds is 9. The molecular weight excluding hydrogens is 442 g/mol. The Bertz CT molecular complexity index is 946. The number of likely N-dealkylation sites (tertiary alicyclic amines) is 2. The minimum Gasteiger partial charge on any atom is -0.497 e. The number of thioether (sulfide) groups is 1. The lowest BCUT2D eigenvalue weighted by Crippen LogP contribution is -2.37. The summed E-state index contributed by atoms with van der Waals surface area (Å²) in [6.07, 6.45) is 13.6. The molecule has 2 aromatic rings. The number of nitrogens with zero attached hydrogens (tertiary/aromatic N) is 5. The first-order chi connectivity index (χ1) is 16.8. The van der Waals surface area contributed by atoms with Crippen molar-refractivity contribution in [3.05, 3.63) is 42.2 Å². The number of ether oxygens (including phenoxy) is 1. The molecule has 0 saturated carbocycles. The van der Waals surface area contributed by atoms with Gasteiger partial charge < -0.3 is 14.5 Å². The van der Waals surface area contributed by atoms with Crippen LogP contribution in [-0.4, -0.2) is 76.7 Å². The van der Waals surface area contributed by atoms with Gasteiger partial charge in [-0.1, -0.05) is 30.0 Å². The number of methoxy groups -OCH3 is 1. The van der Waals surface area contributed by atoms with Crippen molar-refractivity contribution in [3.63, 3.8) is 0 Å². The normalized spacial score (nSPS) is 22.4. The third-order valence-electron chi connectivity index (χ3n) is 7.65. The highest BCUT2D eigenvalue weighted by Gasteiger charge is 2.28. The van der Waals surface area contributed by atoms with Crippen molar-refractivity contribution < 1.29 is 4.74 Å². The Balaban J connectivity index is 1.29. The SMILES string of the molecule is COc1cccc(-n2c(SCCN3CCCC3)nnc2C2CCN(CC3CC=CCC3)CC2)c1. The summed E-state index contributed by atoms with van der Waals surface area (Å²) in [5.41, 5.74) is 1.11. The van der Waals surface area contributed by atoms with E-state index in [1.165, 1.54) is 51.7 Å². The number of hydrogen-bond donors (Lipinski definition) is 0. The number of aromatic nitrogens is 3. The molecule has 1 atom stereocenters. The van der Waals surface area contributed by atoms with Crippen LogP contribution in [0.2, 0.25) is 0 Å². The lowest BCUT2D eigenvalue weighted by atomic mass is 9.91. The maximum Gasteiger partial charge on any atom is 0.195 e. The van der Waals surface area contributed by atoms with Crippen LogP contribution in [0.4, 0.5) is 0 Å². The highest BCUT2D eigenvalue weighted by atomic mass is 32.2. The molecule has 1 aliphatic carbocycles. The van der Waals surface area contributed by atoms with Crippen LogP contribution in [0, 0.1) is 5.92 Å². The summed E-state index contributed by atoms with van der Waals surface area (Å²) in [4.78, 5) is 5.25. The van der Waals surface area contributed by atoms with Crippen LogP contribution in [0.25, 0.3) is 5.69 Å². The van der Waals surface area contributed by atoms with E-state index >= 15 is 0 Å². The molecule has 3 heterocycles. The molecule has 1 unspecified atom stereocenters. The van der Waals surface area contributed by atoms with E-state index in [0.717, 1.165) is 66.6 Å². The molecule has 0 bridgehead atoms.